The van der Waals surface area contributed by atoms with Crippen LogP contribution in [0.25, 0.3) is 0 Å². The molecule has 1 fully saturated rings. The van der Waals surface area contributed by atoms with E-state index < -0.39 is 0 Å². The maximum atomic E-state index is 12.4. The van der Waals surface area contributed by atoms with Gasteiger partial charge in [0.2, 0.25) is 0 Å². The predicted molar refractivity (Wildman–Crippen MR) is 76.7 cm³/mol. The summed E-state index contributed by atoms with van der Waals surface area (Å²) in [5.41, 5.74) is 1.84. The average molecular weight is 361 g/mol. The molecule has 0 N–H and O–H groups in total. The third-order valence-corrected chi connectivity index (χ3v) is 4.32. The molecule has 0 bridgehead atoms. The van der Waals surface area contributed by atoms with Gasteiger partial charge in [0.15, 0.2) is 0 Å². The minimum absolute atomic E-state index is 0.146. The van der Waals surface area contributed by atoms with Gasteiger partial charge in [-0.1, -0.05) is 37.9 Å². The fraction of sp³-hybridized carbons (Fsp3) is 0.462. The van der Waals surface area contributed by atoms with Crippen molar-refractivity contribution in [2.45, 2.75) is 24.6 Å². The molecule has 1 heterocycles. The highest BCUT2D eigenvalue weighted by molar-refractivity contribution is 9.10. The van der Waals surface area contributed by atoms with E-state index in [2.05, 4.69) is 31.9 Å². The number of rotatable bonds is 1. The van der Waals surface area contributed by atoms with Crippen LogP contribution in [0.5, 0.6) is 0 Å². The largest absolute Gasteiger partial charge is 0.338 e. The summed E-state index contributed by atoms with van der Waals surface area (Å²) in [7, 11) is 0. The molecule has 0 spiro atoms. The summed E-state index contributed by atoms with van der Waals surface area (Å²) < 4.78 is 0.957. The van der Waals surface area contributed by atoms with Gasteiger partial charge in [0, 0.05) is 28.0 Å². The molecule has 1 atom stereocenters. The SMILES string of the molecule is Cc1ccc(Br)cc1C(=O)N1CCCC(Br)C1. The lowest BCUT2D eigenvalue weighted by molar-refractivity contribution is 0.0729. The number of likely N-dealkylation sites (tertiary alicyclic amines) is 1. The monoisotopic (exact) mass is 359 g/mol. The molecule has 92 valence electrons. The predicted octanol–water partition coefficient (Wildman–Crippen LogP) is 3.76. The molecule has 1 amide bonds. The molecule has 1 aliphatic heterocycles. The van der Waals surface area contributed by atoms with E-state index in [0.29, 0.717) is 4.83 Å². The Labute approximate surface area is 119 Å². The van der Waals surface area contributed by atoms with Crippen LogP contribution >= 0.6 is 31.9 Å². The Morgan fingerprint density at radius 1 is 1.47 bits per heavy atom. The third kappa shape index (κ3) is 3.10. The second kappa shape index (κ2) is 5.53. The number of carbonyl (C=O) groups is 1. The third-order valence-electron chi connectivity index (χ3n) is 3.08. The van der Waals surface area contributed by atoms with E-state index in [1.165, 1.54) is 0 Å². The first-order chi connectivity index (χ1) is 8.08. The second-order valence-electron chi connectivity index (χ2n) is 4.45. The van der Waals surface area contributed by atoms with Gasteiger partial charge in [-0.05, 0) is 37.5 Å². The van der Waals surface area contributed by atoms with Crippen molar-refractivity contribution in [2.75, 3.05) is 13.1 Å². The number of hydrogen-bond acceptors (Lipinski definition) is 1. The minimum atomic E-state index is 0.146. The van der Waals surface area contributed by atoms with Gasteiger partial charge in [0.05, 0.1) is 0 Å². The van der Waals surface area contributed by atoms with Crippen LogP contribution in [0.15, 0.2) is 22.7 Å². The van der Waals surface area contributed by atoms with E-state index in [0.717, 1.165) is 41.5 Å². The average Bonchev–Trinajstić information content (AvgIpc) is 2.31. The first-order valence-corrected chi connectivity index (χ1v) is 7.48. The number of nitrogens with zero attached hydrogens (tertiary/aromatic N) is 1. The zero-order chi connectivity index (χ0) is 12.4. The molecule has 2 nitrogen and oxygen atoms in total. The highest BCUT2D eigenvalue weighted by atomic mass is 79.9. The van der Waals surface area contributed by atoms with Crippen LogP contribution in [-0.2, 0) is 0 Å². The van der Waals surface area contributed by atoms with Gasteiger partial charge in [0.1, 0.15) is 0 Å². The molecule has 0 radical (unpaired) electrons. The van der Waals surface area contributed by atoms with Gasteiger partial charge in [0.25, 0.3) is 5.91 Å². The Balaban J connectivity index is 2.21. The number of amides is 1. The van der Waals surface area contributed by atoms with Crippen LogP contribution in [0.3, 0.4) is 0 Å². The molecule has 1 saturated heterocycles. The summed E-state index contributed by atoms with van der Waals surface area (Å²) in [6.45, 7) is 3.66. The molecule has 1 aromatic carbocycles. The van der Waals surface area contributed by atoms with Crippen LogP contribution in [-0.4, -0.2) is 28.7 Å². The highest BCUT2D eigenvalue weighted by Gasteiger charge is 2.23. The van der Waals surface area contributed by atoms with Crippen LogP contribution in [0, 0.1) is 6.92 Å². The summed E-state index contributed by atoms with van der Waals surface area (Å²) >= 11 is 7.02. The molecule has 0 saturated carbocycles. The van der Waals surface area contributed by atoms with Crippen molar-refractivity contribution >= 4 is 37.8 Å². The maximum absolute atomic E-state index is 12.4. The number of piperidine rings is 1. The second-order valence-corrected chi connectivity index (χ2v) is 6.66. The summed E-state index contributed by atoms with van der Waals surface area (Å²) in [6.07, 6.45) is 2.23. The van der Waals surface area contributed by atoms with Gasteiger partial charge in [-0.15, -0.1) is 0 Å². The number of halogens is 2. The molecular formula is C13H15Br2NO. The van der Waals surface area contributed by atoms with E-state index in [9.17, 15) is 4.79 Å². The number of hydrogen-bond donors (Lipinski definition) is 0. The molecule has 2 rings (SSSR count). The van der Waals surface area contributed by atoms with Crippen LogP contribution < -0.4 is 0 Å². The zero-order valence-electron chi connectivity index (χ0n) is 9.75. The Kier molecular flexibility index (Phi) is 4.26. The number of aryl methyl sites for hydroxylation is 1. The first kappa shape index (κ1) is 13.1. The van der Waals surface area contributed by atoms with Gasteiger partial charge in [-0.3, -0.25) is 4.79 Å². The smallest absolute Gasteiger partial charge is 0.254 e. The van der Waals surface area contributed by atoms with Crippen LogP contribution in [0.2, 0.25) is 0 Å². The standard InChI is InChI=1S/C13H15Br2NO/c1-9-4-5-10(14)7-12(9)13(17)16-6-2-3-11(15)8-16/h4-5,7,11H,2-3,6,8H2,1H3. The Hall–Kier alpha value is -0.350. The van der Waals surface area contributed by atoms with E-state index in [-0.39, 0.29) is 5.91 Å². The number of benzene rings is 1. The van der Waals surface area contributed by atoms with Crippen molar-refractivity contribution in [1.29, 1.82) is 0 Å². The van der Waals surface area contributed by atoms with Gasteiger partial charge >= 0.3 is 0 Å². The molecule has 1 aromatic rings. The zero-order valence-corrected chi connectivity index (χ0v) is 12.9. The highest BCUT2D eigenvalue weighted by Crippen LogP contribution is 2.22. The fourth-order valence-corrected chi connectivity index (χ4v) is 3.14. The Morgan fingerprint density at radius 3 is 2.94 bits per heavy atom. The van der Waals surface area contributed by atoms with Crippen molar-refractivity contribution in [1.82, 2.24) is 4.90 Å². The van der Waals surface area contributed by atoms with Crippen LogP contribution in [0.1, 0.15) is 28.8 Å². The van der Waals surface area contributed by atoms with E-state index in [1.54, 1.807) is 0 Å². The summed E-state index contributed by atoms with van der Waals surface area (Å²) in [6, 6.07) is 5.86. The normalized spacial score (nSPS) is 20.4. The topological polar surface area (TPSA) is 20.3 Å². The summed E-state index contributed by atoms with van der Waals surface area (Å²) in [5.74, 6) is 0.146. The van der Waals surface area contributed by atoms with Crippen molar-refractivity contribution in [3.8, 4) is 0 Å². The van der Waals surface area contributed by atoms with E-state index in [1.807, 2.05) is 30.0 Å². The van der Waals surface area contributed by atoms with E-state index in [4.69, 9.17) is 0 Å². The lowest BCUT2D eigenvalue weighted by Gasteiger charge is -2.30. The molecule has 0 aliphatic carbocycles. The first-order valence-electron chi connectivity index (χ1n) is 5.77. The van der Waals surface area contributed by atoms with Crippen molar-refractivity contribution < 1.29 is 4.79 Å². The molecule has 4 heteroatoms. The molecule has 17 heavy (non-hydrogen) atoms. The fourth-order valence-electron chi connectivity index (χ4n) is 2.10. The molecule has 1 unspecified atom stereocenters. The molecular weight excluding hydrogens is 346 g/mol. The van der Waals surface area contributed by atoms with Crippen molar-refractivity contribution in [3.05, 3.63) is 33.8 Å². The quantitative estimate of drug-likeness (QED) is 0.698. The Bertz CT molecular complexity index is 433. The lowest BCUT2D eigenvalue weighted by atomic mass is 10.1. The van der Waals surface area contributed by atoms with E-state index >= 15 is 0 Å². The number of carbonyl (C=O) groups excluding carboxylic acids is 1. The van der Waals surface area contributed by atoms with Gasteiger partial charge < -0.3 is 4.90 Å². The van der Waals surface area contributed by atoms with Gasteiger partial charge in [-0.2, -0.15) is 0 Å². The Morgan fingerprint density at radius 2 is 2.24 bits per heavy atom. The number of alkyl halides is 1. The minimum Gasteiger partial charge on any atom is -0.338 e. The summed E-state index contributed by atoms with van der Waals surface area (Å²) in [4.78, 5) is 14.8. The van der Waals surface area contributed by atoms with Gasteiger partial charge in [-0.25, -0.2) is 0 Å². The lowest BCUT2D eigenvalue weighted by Crippen LogP contribution is -2.40. The molecule has 0 aromatic heterocycles. The summed E-state index contributed by atoms with van der Waals surface area (Å²) in [5, 5.41) is 0. The molecule has 1 aliphatic rings. The van der Waals surface area contributed by atoms with Crippen molar-refractivity contribution in [2.24, 2.45) is 0 Å². The van der Waals surface area contributed by atoms with Crippen molar-refractivity contribution in [3.63, 3.8) is 0 Å². The maximum Gasteiger partial charge on any atom is 0.254 e. The van der Waals surface area contributed by atoms with Crippen LogP contribution in [0.4, 0.5) is 0 Å².